The molecule has 0 heterocycles. The first-order valence-electron chi connectivity index (χ1n) is 8.82. The van der Waals surface area contributed by atoms with Gasteiger partial charge in [0.2, 0.25) is 5.91 Å². The quantitative estimate of drug-likeness (QED) is 0.572. The summed E-state index contributed by atoms with van der Waals surface area (Å²) in [5.74, 6) is 0.174. The summed E-state index contributed by atoms with van der Waals surface area (Å²) in [6.45, 7) is 0. The van der Waals surface area contributed by atoms with Crippen LogP contribution in [0.1, 0.15) is 15.9 Å². The highest BCUT2D eigenvalue weighted by atomic mass is 32.2. The van der Waals surface area contributed by atoms with Crippen LogP contribution in [0.25, 0.3) is 0 Å². The number of hydrogen-bond donors (Lipinski definition) is 1. The molecule has 0 unspecified atom stereocenters. The van der Waals surface area contributed by atoms with E-state index in [1.807, 2.05) is 91.0 Å². The van der Waals surface area contributed by atoms with Crippen molar-refractivity contribution < 1.29 is 9.59 Å². The fraction of sp³-hybridized carbons (Fsp3) is 0.130. The van der Waals surface area contributed by atoms with Gasteiger partial charge in [0.15, 0.2) is 5.78 Å². The van der Waals surface area contributed by atoms with Crippen LogP contribution in [0.4, 0.5) is 5.69 Å². The normalized spacial score (nSPS) is 11.6. The number of amides is 1. The molecular formula is C23H21NO2S. The van der Waals surface area contributed by atoms with Crippen molar-refractivity contribution in [2.75, 3.05) is 11.1 Å². The van der Waals surface area contributed by atoms with E-state index in [0.29, 0.717) is 12.0 Å². The Morgan fingerprint density at radius 3 is 1.96 bits per heavy atom. The number of ketones is 1. The molecule has 1 amide bonds. The number of rotatable bonds is 8. The first-order chi connectivity index (χ1) is 13.2. The second-order valence-electron chi connectivity index (χ2n) is 6.13. The van der Waals surface area contributed by atoms with E-state index in [4.69, 9.17) is 0 Å². The van der Waals surface area contributed by atoms with E-state index in [1.54, 1.807) is 0 Å². The zero-order chi connectivity index (χ0) is 18.9. The minimum atomic E-state index is -0.309. The van der Waals surface area contributed by atoms with Gasteiger partial charge in [0.25, 0.3) is 0 Å². The summed E-state index contributed by atoms with van der Waals surface area (Å²) in [6.07, 6.45) is 0.595. The standard InChI is InChI=1S/C23H21NO2S/c25-22(24-20-14-8-3-9-15-20)17-27-21(16-18-10-4-1-5-11-18)23(26)19-12-6-2-7-13-19/h1-15,21H,16-17H2,(H,24,25)/t21-/m0/s1. The highest BCUT2D eigenvalue weighted by Gasteiger charge is 2.22. The van der Waals surface area contributed by atoms with E-state index in [-0.39, 0.29) is 22.7 Å². The summed E-state index contributed by atoms with van der Waals surface area (Å²) in [5.41, 5.74) is 2.52. The van der Waals surface area contributed by atoms with Crippen LogP contribution in [0.15, 0.2) is 91.0 Å². The van der Waals surface area contributed by atoms with Gasteiger partial charge in [-0.2, -0.15) is 0 Å². The fourth-order valence-corrected chi connectivity index (χ4v) is 3.76. The monoisotopic (exact) mass is 375 g/mol. The molecule has 0 saturated heterocycles. The molecule has 0 aromatic heterocycles. The minimum absolute atomic E-state index is 0.0527. The van der Waals surface area contributed by atoms with Crippen molar-refractivity contribution in [2.45, 2.75) is 11.7 Å². The lowest BCUT2D eigenvalue weighted by atomic mass is 10.0. The maximum Gasteiger partial charge on any atom is 0.234 e. The number of benzene rings is 3. The van der Waals surface area contributed by atoms with Crippen molar-refractivity contribution in [2.24, 2.45) is 0 Å². The van der Waals surface area contributed by atoms with E-state index < -0.39 is 0 Å². The molecule has 1 N–H and O–H groups in total. The van der Waals surface area contributed by atoms with Crippen molar-refractivity contribution in [3.63, 3.8) is 0 Å². The van der Waals surface area contributed by atoms with Gasteiger partial charge in [-0.15, -0.1) is 11.8 Å². The highest BCUT2D eigenvalue weighted by Crippen LogP contribution is 2.22. The third-order valence-corrected chi connectivity index (χ3v) is 5.30. The van der Waals surface area contributed by atoms with Crippen molar-refractivity contribution in [1.82, 2.24) is 0 Å². The zero-order valence-electron chi connectivity index (χ0n) is 14.9. The Morgan fingerprint density at radius 1 is 0.778 bits per heavy atom. The Hall–Kier alpha value is -2.85. The molecule has 0 bridgehead atoms. The van der Waals surface area contributed by atoms with Crippen molar-refractivity contribution >= 4 is 29.1 Å². The average Bonchev–Trinajstić information content (AvgIpc) is 2.73. The summed E-state index contributed by atoms with van der Waals surface area (Å²) in [7, 11) is 0. The molecule has 3 aromatic carbocycles. The number of nitrogens with one attached hydrogen (secondary N) is 1. The number of anilines is 1. The summed E-state index contributed by atoms with van der Waals surface area (Å²) >= 11 is 1.39. The van der Waals surface area contributed by atoms with E-state index >= 15 is 0 Å². The van der Waals surface area contributed by atoms with E-state index in [1.165, 1.54) is 11.8 Å². The van der Waals surface area contributed by atoms with Gasteiger partial charge in [-0.05, 0) is 24.1 Å². The van der Waals surface area contributed by atoms with Crippen LogP contribution in [-0.4, -0.2) is 22.7 Å². The summed E-state index contributed by atoms with van der Waals surface area (Å²) in [4.78, 5) is 25.3. The van der Waals surface area contributed by atoms with Gasteiger partial charge < -0.3 is 5.32 Å². The van der Waals surface area contributed by atoms with Crippen LogP contribution in [0, 0.1) is 0 Å². The molecule has 3 rings (SSSR count). The fourth-order valence-electron chi connectivity index (χ4n) is 2.74. The molecule has 1 atom stereocenters. The minimum Gasteiger partial charge on any atom is -0.325 e. The number of carbonyl (C=O) groups is 2. The molecule has 0 aliphatic heterocycles. The lowest BCUT2D eigenvalue weighted by molar-refractivity contribution is -0.113. The Kier molecular flexibility index (Phi) is 6.83. The molecule has 27 heavy (non-hydrogen) atoms. The third-order valence-electron chi connectivity index (χ3n) is 4.09. The van der Waals surface area contributed by atoms with Gasteiger partial charge >= 0.3 is 0 Å². The van der Waals surface area contributed by atoms with Crippen molar-refractivity contribution in [3.05, 3.63) is 102 Å². The molecule has 4 heteroatoms. The van der Waals surface area contributed by atoms with Crippen LogP contribution in [0.3, 0.4) is 0 Å². The van der Waals surface area contributed by atoms with Gasteiger partial charge in [-0.25, -0.2) is 0 Å². The lowest BCUT2D eigenvalue weighted by Crippen LogP contribution is -2.24. The van der Waals surface area contributed by atoms with Crippen LogP contribution in [0.2, 0.25) is 0 Å². The average molecular weight is 375 g/mol. The predicted molar refractivity (Wildman–Crippen MR) is 112 cm³/mol. The summed E-state index contributed by atoms with van der Waals surface area (Å²) in [5, 5.41) is 2.56. The maximum atomic E-state index is 13.0. The van der Waals surface area contributed by atoms with E-state index in [0.717, 1.165) is 11.3 Å². The lowest BCUT2D eigenvalue weighted by Gasteiger charge is -2.16. The molecular weight excluding hydrogens is 354 g/mol. The number of thioether (sulfide) groups is 1. The number of para-hydroxylation sites is 1. The molecule has 0 aliphatic carbocycles. The van der Waals surface area contributed by atoms with Crippen LogP contribution >= 0.6 is 11.8 Å². The van der Waals surface area contributed by atoms with Crippen molar-refractivity contribution in [1.29, 1.82) is 0 Å². The van der Waals surface area contributed by atoms with Crippen LogP contribution < -0.4 is 5.32 Å². The molecule has 3 nitrogen and oxygen atoms in total. The van der Waals surface area contributed by atoms with Gasteiger partial charge in [0, 0.05) is 11.3 Å². The zero-order valence-corrected chi connectivity index (χ0v) is 15.7. The number of Topliss-reactive ketones (excluding diaryl/α,β-unsaturated/α-hetero) is 1. The first-order valence-corrected chi connectivity index (χ1v) is 9.87. The third kappa shape index (κ3) is 5.83. The largest absolute Gasteiger partial charge is 0.325 e. The van der Waals surface area contributed by atoms with Gasteiger partial charge in [0.05, 0.1) is 11.0 Å². The smallest absolute Gasteiger partial charge is 0.234 e. The summed E-state index contributed by atoms with van der Waals surface area (Å²) < 4.78 is 0. The highest BCUT2D eigenvalue weighted by molar-refractivity contribution is 8.01. The first kappa shape index (κ1) is 18.9. The Labute approximate surface area is 163 Å². The second kappa shape index (κ2) is 9.74. The second-order valence-corrected chi connectivity index (χ2v) is 7.32. The van der Waals surface area contributed by atoms with Gasteiger partial charge in [-0.1, -0.05) is 78.9 Å². The predicted octanol–water partition coefficient (Wildman–Crippen LogP) is 4.85. The van der Waals surface area contributed by atoms with Crippen LogP contribution in [0.5, 0.6) is 0 Å². The molecule has 0 fully saturated rings. The molecule has 3 aromatic rings. The molecule has 0 radical (unpaired) electrons. The van der Waals surface area contributed by atoms with Gasteiger partial charge in [0.1, 0.15) is 0 Å². The van der Waals surface area contributed by atoms with Gasteiger partial charge in [-0.3, -0.25) is 9.59 Å². The SMILES string of the molecule is O=C(CS[C@@H](Cc1ccccc1)C(=O)c1ccccc1)Nc1ccccc1. The van der Waals surface area contributed by atoms with Crippen LogP contribution in [-0.2, 0) is 11.2 Å². The Morgan fingerprint density at radius 2 is 1.33 bits per heavy atom. The van der Waals surface area contributed by atoms with E-state index in [2.05, 4.69) is 5.32 Å². The molecule has 0 saturated carbocycles. The summed E-state index contributed by atoms with van der Waals surface area (Å²) in [6, 6.07) is 28.5. The maximum absolute atomic E-state index is 13.0. The van der Waals surface area contributed by atoms with E-state index in [9.17, 15) is 9.59 Å². The molecule has 0 aliphatic rings. The number of hydrogen-bond acceptors (Lipinski definition) is 3. The topological polar surface area (TPSA) is 46.2 Å². The number of carbonyl (C=O) groups excluding carboxylic acids is 2. The Bertz CT molecular complexity index is 867. The molecule has 136 valence electrons. The molecule has 0 spiro atoms. The van der Waals surface area contributed by atoms with Crippen molar-refractivity contribution in [3.8, 4) is 0 Å². The Balaban J connectivity index is 1.67.